The van der Waals surface area contributed by atoms with Crippen LogP contribution in [0.25, 0.3) is 0 Å². The van der Waals surface area contributed by atoms with E-state index in [0.717, 1.165) is 6.26 Å². The maximum Gasteiger partial charge on any atom is 0.244 e. The number of hydrogen-bond donors (Lipinski definition) is 1. The molecule has 1 unspecified atom stereocenters. The zero-order valence-electron chi connectivity index (χ0n) is 16.8. The molecule has 7 heteroatoms. The Balaban J connectivity index is 3.22. The Kier molecular flexibility index (Phi) is 7.93. The van der Waals surface area contributed by atoms with E-state index in [4.69, 9.17) is 4.74 Å². The summed E-state index contributed by atoms with van der Waals surface area (Å²) in [5, 5.41) is 3.04. The van der Waals surface area contributed by atoms with Gasteiger partial charge in [0.1, 0.15) is 11.8 Å². The Morgan fingerprint density at radius 1 is 1.12 bits per heavy atom. The molecule has 1 atom stereocenters. The van der Waals surface area contributed by atoms with Crippen molar-refractivity contribution in [1.29, 1.82) is 0 Å². The predicted molar refractivity (Wildman–Crippen MR) is 106 cm³/mol. The standard InChI is InChI=1S/C19H32N2O4S/c1-8-17(19(22)20-18(13(2)3)14(4)5)21(26(7,23)24)15-9-11-16(25-6)12-10-15/h9-14,17-18H,8H2,1-7H3,(H,20,22). The van der Waals surface area contributed by atoms with Crippen LogP contribution in [-0.4, -0.2) is 39.8 Å². The molecule has 148 valence electrons. The Labute approximate surface area is 158 Å². The molecular weight excluding hydrogens is 352 g/mol. The van der Waals surface area contributed by atoms with Crippen molar-refractivity contribution in [2.75, 3.05) is 17.7 Å². The van der Waals surface area contributed by atoms with Gasteiger partial charge in [0.15, 0.2) is 0 Å². The molecule has 0 aliphatic rings. The van der Waals surface area contributed by atoms with Crippen molar-refractivity contribution in [2.24, 2.45) is 11.8 Å². The second kappa shape index (κ2) is 9.26. The smallest absolute Gasteiger partial charge is 0.244 e. The normalized spacial score (nSPS) is 13.2. The van der Waals surface area contributed by atoms with Crippen LogP contribution in [0.15, 0.2) is 24.3 Å². The number of sulfonamides is 1. The maximum atomic E-state index is 12.9. The third-order valence-corrected chi connectivity index (χ3v) is 5.58. The second-order valence-electron chi connectivity index (χ2n) is 7.20. The first-order valence-corrected chi connectivity index (χ1v) is 10.8. The highest BCUT2D eigenvalue weighted by molar-refractivity contribution is 7.92. The van der Waals surface area contributed by atoms with Crippen LogP contribution in [0.1, 0.15) is 41.0 Å². The van der Waals surface area contributed by atoms with Crippen LogP contribution in [0.3, 0.4) is 0 Å². The third-order valence-electron chi connectivity index (χ3n) is 4.40. The highest BCUT2D eigenvalue weighted by Crippen LogP contribution is 2.25. The average molecular weight is 385 g/mol. The van der Waals surface area contributed by atoms with Gasteiger partial charge in [0.05, 0.1) is 19.1 Å². The van der Waals surface area contributed by atoms with Gasteiger partial charge in [0, 0.05) is 6.04 Å². The van der Waals surface area contributed by atoms with E-state index in [0.29, 0.717) is 17.9 Å². The second-order valence-corrected chi connectivity index (χ2v) is 9.06. The summed E-state index contributed by atoms with van der Waals surface area (Å²) in [4.78, 5) is 12.9. The van der Waals surface area contributed by atoms with Crippen LogP contribution in [0.5, 0.6) is 5.75 Å². The van der Waals surface area contributed by atoms with Gasteiger partial charge < -0.3 is 10.1 Å². The average Bonchev–Trinajstić information content (AvgIpc) is 2.55. The Hall–Kier alpha value is -1.76. The SMILES string of the molecule is CCC(C(=O)NC(C(C)C)C(C)C)N(c1ccc(OC)cc1)S(C)(=O)=O. The van der Waals surface area contributed by atoms with E-state index in [-0.39, 0.29) is 23.8 Å². The number of methoxy groups -OCH3 is 1. The lowest BCUT2D eigenvalue weighted by molar-refractivity contribution is -0.123. The summed E-state index contributed by atoms with van der Waals surface area (Å²) < 4.78 is 31.2. The molecule has 1 aromatic rings. The lowest BCUT2D eigenvalue weighted by Gasteiger charge is -2.33. The summed E-state index contributed by atoms with van der Waals surface area (Å²) in [6.45, 7) is 9.99. The molecule has 1 N–H and O–H groups in total. The Morgan fingerprint density at radius 3 is 1.96 bits per heavy atom. The van der Waals surface area contributed by atoms with E-state index in [1.54, 1.807) is 31.4 Å². The molecule has 0 fully saturated rings. The fraction of sp³-hybridized carbons (Fsp3) is 0.632. The first-order valence-electron chi connectivity index (χ1n) is 8.96. The van der Waals surface area contributed by atoms with Crippen molar-refractivity contribution < 1.29 is 17.9 Å². The van der Waals surface area contributed by atoms with E-state index in [2.05, 4.69) is 5.32 Å². The number of carbonyl (C=O) groups excluding carboxylic acids is 1. The van der Waals surface area contributed by atoms with E-state index in [1.807, 2.05) is 34.6 Å². The van der Waals surface area contributed by atoms with Gasteiger partial charge in [-0.15, -0.1) is 0 Å². The van der Waals surface area contributed by atoms with E-state index >= 15 is 0 Å². The molecule has 1 amide bonds. The van der Waals surface area contributed by atoms with Crippen LogP contribution in [0.2, 0.25) is 0 Å². The molecule has 0 saturated carbocycles. The molecule has 26 heavy (non-hydrogen) atoms. The van der Waals surface area contributed by atoms with Gasteiger partial charge in [0.2, 0.25) is 15.9 Å². The number of amides is 1. The first-order chi connectivity index (χ1) is 12.0. The summed E-state index contributed by atoms with van der Waals surface area (Å²) in [6, 6.07) is 5.84. The number of nitrogens with one attached hydrogen (secondary N) is 1. The molecule has 1 rings (SSSR count). The monoisotopic (exact) mass is 384 g/mol. The molecule has 1 aromatic carbocycles. The van der Waals surface area contributed by atoms with Crippen molar-refractivity contribution in [2.45, 2.75) is 53.1 Å². The van der Waals surface area contributed by atoms with Crippen molar-refractivity contribution >= 4 is 21.6 Å². The van der Waals surface area contributed by atoms with Gasteiger partial charge >= 0.3 is 0 Å². The third kappa shape index (κ3) is 5.62. The summed E-state index contributed by atoms with van der Waals surface area (Å²) in [5.74, 6) is 0.855. The Morgan fingerprint density at radius 2 is 1.62 bits per heavy atom. The van der Waals surface area contributed by atoms with Crippen LogP contribution in [0.4, 0.5) is 5.69 Å². The summed E-state index contributed by atoms with van der Waals surface area (Å²) in [5.41, 5.74) is 0.445. The molecule has 0 saturated heterocycles. The minimum Gasteiger partial charge on any atom is -0.497 e. The highest BCUT2D eigenvalue weighted by atomic mass is 32.2. The molecule has 0 aromatic heterocycles. The van der Waals surface area contributed by atoms with Crippen molar-refractivity contribution in [1.82, 2.24) is 5.32 Å². The number of hydrogen-bond acceptors (Lipinski definition) is 4. The summed E-state index contributed by atoms with van der Waals surface area (Å²) in [6.07, 6.45) is 1.49. The molecule has 0 aliphatic heterocycles. The molecule has 0 heterocycles. The minimum atomic E-state index is -3.64. The van der Waals surface area contributed by atoms with Crippen LogP contribution in [-0.2, 0) is 14.8 Å². The van der Waals surface area contributed by atoms with Gasteiger partial charge in [-0.05, 0) is 42.5 Å². The quantitative estimate of drug-likeness (QED) is 0.710. The van der Waals surface area contributed by atoms with Crippen molar-refractivity contribution in [3.8, 4) is 5.75 Å². The maximum absolute atomic E-state index is 12.9. The number of benzene rings is 1. The van der Waals surface area contributed by atoms with Crippen LogP contribution < -0.4 is 14.4 Å². The topological polar surface area (TPSA) is 75.7 Å². The van der Waals surface area contributed by atoms with Gasteiger partial charge in [-0.2, -0.15) is 0 Å². The molecular formula is C19H32N2O4S. The van der Waals surface area contributed by atoms with E-state index < -0.39 is 16.1 Å². The zero-order chi connectivity index (χ0) is 20.1. The van der Waals surface area contributed by atoms with Crippen LogP contribution in [0, 0.1) is 11.8 Å². The molecule has 0 radical (unpaired) electrons. The fourth-order valence-electron chi connectivity index (χ4n) is 3.15. The van der Waals surface area contributed by atoms with Gasteiger partial charge in [-0.3, -0.25) is 9.10 Å². The van der Waals surface area contributed by atoms with Gasteiger partial charge in [-0.1, -0.05) is 34.6 Å². The highest BCUT2D eigenvalue weighted by Gasteiger charge is 2.33. The first kappa shape index (κ1) is 22.3. The largest absolute Gasteiger partial charge is 0.497 e. The number of carbonyl (C=O) groups is 1. The lowest BCUT2D eigenvalue weighted by Crippen LogP contribution is -2.53. The van der Waals surface area contributed by atoms with E-state index in [9.17, 15) is 13.2 Å². The Bertz CT molecular complexity index is 676. The predicted octanol–water partition coefficient (Wildman–Crippen LogP) is 3.04. The van der Waals surface area contributed by atoms with Gasteiger partial charge in [0.25, 0.3) is 0 Å². The molecule has 0 bridgehead atoms. The number of rotatable bonds is 9. The van der Waals surface area contributed by atoms with Crippen molar-refractivity contribution in [3.63, 3.8) is 0 Å². The van der Waals surface area contributed by atoms with E-state index in [1.165, 1.54) is 4.31 Å². The zero-order valence-corrected chi connectivity index (χ0v) is 17.6. The molecule has 0 spiro atoms. The number of nitrogens with zero attached hydrogens (tertiary/aromatic N) is 1. The lowest BCUT2D eigenvalue weighted by atomic mass is 9.93. The summed E-state index contributed by atoms with van der Waals surface area (Å²) in [7, 11) is -2.09. The van der Waals surface area contributed by atoms with Crippen molar-refractivity contribution in [3.05, 3.63) is 24.3 Å². The number of anilines is 1. The van der Waals surface area contributed by atoms with Crippen LogP contribution >= 0.6 is 0 Å². The van der Waals surface area contributed by atoms with Gasteiger partial charge in [-0.25, -0.2) is 8.42 Å². The molecule has 6 nitrogen and oxygen atoms in total. The number of ether oxygens (including phenoxy) is 1. The minimum absolute atomic E-state index is 0.0196. The fourth-order valence-corrected chi connectivity index (χ4v) is 4.36. The molecule has 0 aliphatic carbocycles. The summed E-state index contributed by atoms with van der Waals surface area (Å²) >= 11 is 0.